The molecule has 0 atom stereocenters. The number of nitrogens with one attached hydrogen (secondary N) is 1. The number of carbonyl (C=O) groups is 1. The summed E-state index contributed by atoms with van der Waals surface area (Å²) in [6.45, 7) is 0. The van der Waals surface area contributed by atoms with Crippen LogP contribution < -0.4 is 5.32 Å². The van der Waals surface area contributed by atoms with Crippen LogP contribution in [0.15, 0.2) is 64.4 Å². The lowest BCUT2D eigenvalue weighted by atomic mass is 10.1. The summed E-state index contributed by atoms with van der Waals surface area (Å²) in [5.74, 6) is -3.06. The average Bonchev–Trinajstić information content (AvgIpc) is 2.68. The number of phenols is 3. The summed E-state index contributed by atoms with van der Waals surface area (Å²) >= 11 is 11.9. The monoisotopic (exact) mass is 453 g/mol. The van der Waals surface area contributed by atoms with E-state index in [0.717, 1.165) is 12.1 Å². The topological polar surface area (TPSA) is 124 Å². The van der Waals surface area contributed by atoms with Crippen LogP contribution in [0.4, 0.5) is 5.69 Å². The molecule has 0 radical (unpaired) electrons. The first-order chi connectivity index (χ1) is 13.6. The molecule has 0 saturated heterocycles. The van der Waals surface area contributed by atoms with E-state index in [0.29, 0.717) is 5.02 Å². The van der Waals surface area contributed by atoms with Gasteiger partial charge in [0.2, 0.25) is 15.6 Å². The van der Waals surface area contributed by atoms with Crippen molar-refractivity contribution in [3.8, 4) is 17.2 Å². The van der Waals surface area contributed by atoms with Crippen LogP contribution in [0.2, 0.25) is 10.0 Å². The number of rotatable bonds is 4. The van der Waals surface area contributed by atoms with Crippen LogP contribution in [-0.4, -0.2) is 29.6 Å². The van der Waals surface area contributed by atoms with Crippen molar-refractivity contribution in [2.45, 2.75) is 9.79 Å². The van der Waals surface area contributed by atoms with Gasteiger partial charge in [0.1, 0.15) is 0 Å². The lowest BCUT2D eigenvalue weighted by Crippen LogP contribution is -2.13. The Kier molecular flexibility index (Phi) is 5.61. The van der Waals surface area contributed by atoms with Crippen LogP contribution in [0.5, 0.6) is 17.2 Å². The number of phenolic OH excluding ortho intramolecular Hbond substituents is 3. The van der Waals surface area contributed by atoms with Crippen molar-refractivity contribution in [3.63, 3.8) is 0 Å². The van der Waals surface area contributed by atoms with Crippen molar-refractivity contribution in [1.29, 1.82) is 0 Å². The molecule has 0 aliphatic rings. The van der Waals surface area contributed by atoms with Gasteiger partial charge < -0.3 is 20.6 Å². The van der Waals surface area contributed by atoms with Crippen molar-refractivity contribution < 1.29 is 28.5 Å². The number of anilines is 1. The van der Waals surface area contributed by atoms with Gasteiger partial charge in [0.05, 0.1) is 26.1 Å². The number of amides is 1. The maximum Gasteiger partial charge on any atom is 0.259 e. The summed E-state index contributed by atoms with van der Waals surface area (Å²) in [6, 6.07) is 11.5. The summed E-state index contributed by atoms with van der Waals surface area (Å²) in [4.78, 5) is 12.3. The third-order valence-corrected chi connectivity index (χ3v) is 6.33. The van der Waals surface area contributed by atoms with Crippen molar-refractivity contribution in [2.24, 2.45) is 0 Å². The molecule has 4 N–H and O–H groups in total. The molecule has 3 aromatic rings. The van der Waals surface area contributed by atoms with Gasteiger partial charge in [-0.15, -0.1) is 0 Å². The normalized spacial score (nSPS) is 11.2. The summed E-state index contributed by atoms with van der Waals surface area (Å²) in [7, 11) is -3.85. The first kappa shape index (κ1) is 20.8. The molecule has 0 fully saturated rings. The molecule has 3 aromatic carbocycles. The lowest BCUT2D eigenvalue weighted by Gasteiger charge is -2.11. The van der Waals surface area contributed by atoms with Gasteiger partial charge in [-0.25, -0.2) is 8.42 Å². The Morgan fingerprint density at radius 2 is 1.45 bits per heavy atom. The van der Waals surface area contributed by atoms with E-state index in [1.807, 2.05) is 0 Å². The minimum Gasteiger partial charge on any atom is -0.504 e. The Morgan fingerprint density at radius 3 is 2.07 bits per heavy atom. The molecule has 0 heterocycles. The quantitative estimate of drug-likeness (QED) is 0.438. The van der Waals surface area contributed by atoms with Crippen LogP contribution in [-0.2, 0) is 9.84 Å². The fourth-order valence-electron chi connectivity index (χ4n) is 2.46. The van der Waals surface area contributed by atoms with Crippen molar-refractivity contribution in [3.05, 3.63) is 70.2 Å². The highest BCUT2D eigenvalue weighted by Crippen LogP contribution is 2.37. The zero-order valence-electron chi connectivity index (χ0n) is 14.4. The fourth-order valence-corrected chi connectivity index (χ4v) is 4.16. The van der Waals surface area contributed by atoms with E-state index in [-0.39, 0.29) is 26.1 Å². The van der Waals surface area contributed by atoms with Gasteiger partial charge in [-0.1, -0.05) is 23.2 Å². The summed E-state index contributed by atoms with van der Waals surface area (Å²) in [5.41, 5.74) is -0.229. The molecule has 0 aliphatic heterocycles. The van der Waals surface area contributed by atoms with E-state index in [2.05, 4.69) is 5.32 Å². The van der Waals surface area contributed by atoms with E-state index in [9.17, 15) is 28.5 Å². The largest absolute Gasteiger partial charge is 0.504 e. The Morgan fingerprint density at radius 1 is 0.828 bits per heavy atom. The number of aromatic hydroxyl groups is 3. The summed E-state index contributed by atoms with van der Waals surface area (Å²) < 4.78 is 25.4. The average molecular weight is 454 g/mol. The fraction of sp³-hybridized carbons (Fsp3) is 0. The maximum atomic E-state index is 12.7. The summed E-state index contributed by atoms with van der Waals surface area (Å²) in [5, 5.41) is 31.4. The van der Waals surface area contributed by atoms with Crippen LogP contribution in [0.3, 0.4) is 0 Å². The zero-order valence-corrected chi connectivity index (χ0v) is 16.8. The third kappa shape index (κ3) is 4.09. The molecular formula is C19H13Cl2NO6S. The smallest absolute Gasteiger partial charge is 0.259 e. The van der Waals surface area contributed by atoms with Crippen molar-refractivity contribution >= 4 is 44.6 Å². The summed E-state index contributed by atoms with van der Waals surface area (Å²) in [6.07, 6.45) is 0. The SMILES string of the molecule is O=C(Nc1ccc(S(=O)(=O)c2ccc(Cl)cc2)cc1Cl)c1ccc(O)c(O)c1O. The standard InChI is InChI=1S/C19H13Cl2NO6S/c20-10-1-3-11(4-2-10)29(27,28)12-5-7-15(14(21)9-12)22-19(26)13-6-8-16(23)18(25)17(13)24/h1-9,23-25H,(H,22,26). The number of halogens is 2. The molecule has 1 amide bonds. The van der Waals surface area contributed by atoms with E-state index in [4.69, 9.17) is 23.2 Å². The van der Waals surface area contributed by atoms with Crippen molar-refractivity contribution in [1.82, 2.24) is 0 Å². The molecular weight excluding hydrogens is 441 g/mol. The van der Waals surface area contributed by atoms with Gasteiger partial charge >= 0.3 is 0 Å². The predicted octanol–water partition coefficient (Wildman–Crippen LogP) is 4.20. The van der Waals surface area contributed by atoms with E-state index in [1.54, 1.807) is 0 Å². The second kappa shape index (κ2) is 7.82. The highest BCUT2D eigenvalue weighted by atomic mass is 35.5. The van der Waals surface area contributed by atoms with Gasteiger partial charge in [-0.2, -0.15) is 0 Å². The molecule has 0 aliphatic carbocycles. The molecule has 0 saturated carbocycles. The molecule has 0 bridgehead atoms. The molecule has 0 spiro atoms. The number of hydrogen-bond acceptors (Lipinski definition) is 6. The first-order valence-electron chi connectivity index (χ1n) is 7.96. The van der Waals surface area contributed by atoms with Gasteiger partial charge in [0.15, 0.2) is 11.5 Å². The highest BCUT2D eigenvalue weighted by molar-refractivity contribution is 7.91. The molecule has 7 nitrogen and oxygen atoms in total. The number of benzene rings is 3. The zero-order chi connectivity index (χ0) is 21.3. The van der Waals surface area contributed by atoms with Gasteiger partial charge in [0.25, 0.3) is 5.91 Å². The second-order valence-corrected chi connectivity index (χ2v) is 8.68. The van der Waals surface area contributed by atoms with Crippen LogP contribution >= 0.6 is 23.2 Å². The van der Waals surface area contributed by atoms with Crippen LogP contribution in [0.1, 0.15) is 10.4 Å². The molecule has 0 unspecified atom stereocenters. The van der Waals surface area contributed by atoms with Gasteiger partial charge in [-0.05, 0) is 54.6 Å². The maximum absolute atomic E-state index is 12.7. The first-order valence-corrected chi connectivity index (χ1v) is 10.2. The Balaban J connectivity index is 1.89. The molecule has 3 rings (SSSR count). The van der Waals surface area contributed by atoms with E-state index >= 15 is 0 Å². The molecule has 0 aromatic heterocycles. The van der Waals surface area contributed by atoms with Crippen LogP contribution in [0, 0.1) is 0 Å². The second-order valence-electron chi connectivity index (χ2n) is 5.88. The minimum atomic E-state index is -3.85. The molecule has 29 heavy (non-hydrogen) atoms. The Labute approximate surface area is 175 Å². The number of hydrogen-bond donors (Lipinski definition) is 4. The van der Waals surface area contributed by atoms with E-state index in [1.165, 1.54) is 42.5 Å². The number of carbonyl (C=O) groups excluding carboxylic acids is 1. The van der Waals surface area contributed by atoms with Crippen LogP contribution in [0.25, 0.3) is 0 Å². The number of sulfone groups is 1. The Bertz CT molecular complexity index is 1210. The molecule has 150 valence electrons. The van der Waals surface area contributed by atoms with E-state index < -0.39 is 33.0 Å². The minimum absolute atomic E-state index is 0.0271. The van der Waals surface area contributed by atoms with Gasteiger partial charge in [0, 0.05) is 5.02 Å². The predicted molar refractivity (Wildman–Crippen MR) is 108 cm³/mol. The highest BCUT2D eigenvalue weighted by Gasteiger charge is 2.21. The van der Waals surface area contributed by atoms with Crippen molar-refractivity contribution in [2.75, 3.05) is 5.32 Å². The molecule has 10 heteroatoms. The van der Waals surface area contributed by atoms with Gasteiger partial charge in [-0.3, -0.25) is 4.79 Å². The lowest BCUT2D eigenvalue weighted by molar-refractivity contribution is 0.102. The Hall–Kier alpha value is -2.94. The third-order valence-electron chi connectivity index (χ3n) is 4.00.